The number of allylic oxidation sites excluding steroid dienone is 1. The Morgan fingerprint density at radius 1 is 1.19 bits per heavy atom. The quantitative estimate of drug-likeness (QED) is 0.425. The van der Waals surface area contributed by atoms with Gasteiger partial charge in [0, 0.05) is 42.9 Å². The monoisotopic (exact) mass is 666 g/mol. The van der Waals surface area contributed by atoms with Gasteiger partial charge in [0.2, 0.25) is 27.7 Å². The summed E-state index contributed by atoms with van der Waals surface area (Å²) < 4.78 is 45.8. The van der Waals surface area contributed by atoms with Gasteiger partial charge in [-0.2, -0.15) is 0 Å². The maximum absolute atomic E-state index is 14.1. The van der Waals surface area contributed by atoms with Gasteiger partial charge in [-0.25, -0.2) is 13.4 Å². The van der Waals surface area contributed by atoms with E-state index in [4.69, 9.17) is 19.2 Å². The predicted octanol–water partition coefficient (Wildman–Crippen LogP) is 3.02. The molecule has 2 aliphatic heterocycles. The smallest absolute Gasteiger partial charge is 0.259 e. The van der Waals surface area contributed by atoms with E-state index in [1.807, 2.05) is 31.2 Å². The Bertz CT molecular complexity index is 1740. The van der Waals surface area contributed by atoms with Crippen LogP contribution >= 0.6 is 0 Å². The molecule has 47 heavy (non-hydrogen) atoms. The first kappa shape index (κ1) is 31.7. The molecule has 3 fully saturated rings. The first-order valence-electron chi connectivity index (χ1n) is 16.8. The number of ether oxygens (including phenoxy) is 3. The zero-order chi connectivity index (χ0) is 32.9. The second-order valence-corrected chi connectivity index (χ2v) is 15.4. The molecule has 13 heteroatoms. The lowest BCUT2D eigenvalue weighted by Crippen LogP contribution is -2.54. The molecule has 0 spiro atoms. The van der Waals surface area contributed by atoms with E-state index in [1.165, 1.54) is 0 Å². The molecule has 3 amide bonds. The van der Waals surface area contributed by atoms with E-state index in [0.717, 1.165) is 47.9 Å². The number of hydrogen-bond acceptors (Lipinski definition) is 9. The van der Waals surface area contributed by atoms with Gasteiger partial charge in [-0.3, -0.25) is 19.1 Å². The van der Waals surface area contributed by atoms with Gasteiger partial charge in [-0.1, -0.05) is 12.2 Å². The van der Waals surface area contributed by atoms with E-state index >= 15 is 0 Å². The first-order chi connectivity index (χ1) is 22.6. The number of nitrogens with zero attached hydrogens (tertiary/aromatic N) is 2. The molecule has 252 valence electrons. The Morgan fingerprint density at radius 3 is 2.79 bits per heavy atom. The Labute approximate surface area is 274 Å². The maximum atomic E-state index is 14.1. The highest BCUT2D eigenvalue weighted by molar-refractivity contribution is 7.91. The summed E-state index contributed by atoms with van der Waals surface area (Å²) in [6.45, 7) is 3.45. The third-order valence-electron chi connectivity index (χ3n) is 10.2. The summed E-state index contributed by atoms with van der Waals surface area (Å²) >= 11 is 0. The molecule has 2 N–H and O–H groups in total. The Morgan fingerprint density at radius 2 is 2.00 bits per heavy atom. The number of rotatable bonds is 7. The zero-order valence-corrected chi connectivity index (χ0v) is 27.6. The molecule has 0 radical (unpaired) electrons. The summed E-state index contributed by atoms with van der Waals surface area (Å²) in [4.78, 5) is 47.9. The number of benzene rings is 1. The van der Waals surface area contributed by atoms with Crippen LogP contribution in [0.25, 0.3) is 10.9 Å². The molecule has 5 atom stereocenters. The van der Waals surface area contributed by atoms with Gasteiger partial charge < -0.3 is 24.4 Å². The van der Waals surface area contributed by atoms with Gasteiger partial charge in [-0.15, -0.1) is 0 Å². The van der Waals surface area contributed by atoms with Gasteiger partial charge in [0.05, 0.1) is 35.8 Å². The molecule has 1 aromatic carbocycles. The van der Waals surface area contributed by atoms with Crippen LogP contribution in [0.4, 0.5) is 0 Å². The van der Waals surface area contributed by atoms with E-state index < -0.39 is 50.6 Å². The van der Waals surface area contributed by atoms with Gasteiger partial charge in [-0.05, 0) is 70.4 Å². The fourth-order valence-corrected chi connectivity index (χ4v) is 8.67. The van der Waals surface area contributed by atoms with Crippen LogP contribution in [-0.2, 0) is 30.8 Å². The molecule has 2 aromatic rings. The number of pyridine rings is 1. The summed E-state index contributed by atoms with van der Waals surface area (Å²) in [5.74, 6) is -1.32. The summed E-state index contributed by atoms with van der Waals surface area (Å²) in [7, 11) is -2.05. The van der Waals surface area contributed by atoms with Crippen LogP contribution in [-0.4, -0.2) is 79.7 Å². The molecule has 5 unspecified atom stereocenters. The van der Waals surface area contributed by atoms with Gasteiger partial charge in [0.25, 0.3) is 5.91 Å². The predicted molar refractivity (Wildman–Crippen MR) is 172 cm³/mol. The molecule has 12 nitrogen and oxygen atoms in total. The fourth-order valence-electron chi connectivity index (χ4n) is 7.31. The average molecular weight is 667 g/mol. The highest BCUT2D eigenvalue weighted by Gasteiger charge is 2.62. The number of carbonyl (C=O) groups excluding carboxylic acids is 3. The highest BCUT2D eigenvalue weighted by atomic mass is 32.2. The van der Waals surface area contributed by atoms with E-state index in [-0.39, 0.29) is 18.2 Å². The number of fused-ring (bicyclic) bond motifs is 5. The van der Waals surface area contributed by atoms with E-state index in [1.54, 1.807) is 18.0 Å². The van der Waals surface area contributed by atoms with Crippen molar-refractivity contribution >= 4 is 38.6 Å². The first-order valence-corrected chi connectivity index (χ1v) is 18.3. The van der Waals surface area contributed by atoms with Crippen molar-refractivity contribution in [3.05, 3.63) is 35.9 Å². The van der Waals surface area contributed by atoms with Crippen molar-refractivity contribution in [2.75, 3.05) is 26.8 Å². The van der Waals surface area contributed by atoms with Crippen molar-refractivity contribution in [1.82, 2.24) is 19.9 Å². The Hall–Kier alpha value is -3.87. The molecular formula is C34H42N4O8S. The molecule has 3 aliphatic carbocycles. The number of nitrogens with one attached hydrogen (secondary N) is 2. The molecule has 7 rings (SSSR count). The van der Waals surface area contributed by atoms with Gasteiger partial charge in [0.15, 0.2) is 0 Å². The topological polar surface area (TPSA) is 153 Å². The largest absolute Gasteiger partial charge is 0.493 e. The van der Waals surface area contributed by atoms with E-state index in [9.17, 15) is 22.8 Å². The lowest BCUT2D eigenvalue weighted by Gasteiger charge is -2.26. The number of aromatic nitrogens is 1. The number of hydrogen-bond donors (Lipinski definition) is 2. The van der Waals surface area contributed by atoms with Crippen LogP contribution in [0.1, 0.15) is 63.9 Å². The van der Waals surface area contributed by atoms with Crippen molar-refractivity contribution in [2.45, 2.75) is 81.6 Å². The van der Waals surface area contributed by atoms with Crippen LogP contribution in [0.15, 0.2) is 30.4 Å². The SMILES string of the molecule is CCOc1cc(OC2CC3C(=O)NC4(C(=O)NS(=O)(=O)C5CC5)CC4/C=C\CCCCN(C)C(=O)C3C2)c2ccc3c(c2n1)CCO3. The lowest BCUT2D eigenvalue weighted by atomic mass is 9.93. The van der Waals surface area contributed by atoms with Crippen molar-refractivity contribution in [2.24, 2.45) is 17.8 Å². The zero-order valence-electron chi connectivity index (χ0n) is 26.8. The minimum Gasteiger partial charge on any atom is -0.493 e. The van der Waals surface area contributed by atoms with Crippen molar-refractivity contribution in [3.63, 3.8) is 0 Å². The maximum Gasteiger partial charge on any atom is 0.259 e. The standard InChI is InChI=1S/C34H42N4O8S/c1-3-44-29-18-28(23-11-12-27-24(13-15-45-27)30(23)35-29)46-21-16-25-26(17-21)32(40)38(2)14-7-5-4-6-8-20-19-34(20,36-31(25)39)33(41)37-47(42,43)22-9-10-22/h6,8,11-12,18,20-22,25-26H,3-5,7,9-10,13-17,19H2,1-2H3,(H,36,39)(H,37,41)/b8-6-. The molecule has 3 saturated carbocycles. The number of carbonyl (C=O) groups is 3. The van der Waals surface area contributed by atoms with Gasteiger partial charge in [0.1, 0.15) is 23.1 Å². The Balaban J connectivity index is 1.18. The van der Waals surface area contributed by atoms with Crippen LogP contribution < -0.4 is 24.2 Å². The molecular weight excluding hydrogens is 624 g/mol. The molecule has 3 heterocycles. The number of sulfonamides is 1. The summed E-state index contributed by atoms with van der Waals surface area (Å²) in [5.41, 5.74) is 0.354. The second-order valence-electron chi connectivity index (χ2n) is 13.5. The van der Waals surface area contributed by atoms with Crippen molar-refractivity contribution < 1.29 is 37.0 Å². The molecule has 5 aliphatic rings. The highest BCUT2D eigenvalue weighted by Crippen LogP contribution is 2.47. The summed E-state index contributed by atoms with van der Waals surface area (Å²) in [6, 6.07) is 5.57. The molecule has 0 bridgehead atoms. The van der Waals surface area contributed by atoms with Gasteiger partial charge >= 0.3 is 0 Å². The van der Waals surface area contributed by atoms with Crippen molar-refractivity contribution in [3.8, 4) is 17.4 Å². The Kier molecular flexibility index (Phi) is 8.30. The molecule has 1 aromatic heterocycles. The van der Waals surface area contributed by atoms with E-state index in [0.29, 0.717) is 57.1 Å². The fraction of sp³-hybridized carbons (Fsp3) is 0.588. The third kappa shape index (κ3) is 6.14. The normalized spacial score (nSPS) is 29.9. The second kappa shape index (κ2) is 12.3. The van der Waals surface area contributed by atoms with Crippen LogP contribution in [0.2, 0.25) is 0 Å². The van der Waals surface area contributed by atoms with Crippen LogP contribution in [0, 0.1) is 17.8 Å². The minimum atomic E-state index is -3.81. The summed E-state index contributed by atoms with van der Waals surface area (Å²) in [5, 5.41) is 3.16. The average Bonchev–Trinajstić information content (AvgIpc) is 3.91. The minimum absolute atomic E-state index is 0.143. The number of amides is 3. The van der Waals surface area contributed by atoms with Crippen molar-refractivity contribution in [1.29, 1.82) is 0 Å². The lowest BCUT2D eigenvalue weighted by molar-refractivity contribution is -0.140. The summed E-state index contributed by atoms with van der Waals surface area (Å²) in [6.07, 6.45) is 8.41. The van der Waals surface area contributed by atoms with E-state index in [2.05, 4.69) is 10.0 Å². The third-order valence-corrected chi connectivity index (χ3v) is 12.0. The molecule has 0 saturated heterocycles. The van der Waals surface area contributed by atoms with Crippen LogP contribution in [0.3, 0.4) is 0 Å². The van der Waals surface area contributed by atoms with Crippen LogP contribution in [0.5, 0.6) is 17.4 Å².